The third-order valence-corrected chi connectivity index (χ3v) is 4.03. The van der Waals surface area contributed by atoms with Gasteiger partial charge in [0.25, 0.3) is 0 Å². The molecule has 0 radical (unpaired) electrons. The normalized spacial score (nSPS) is 23.4. The Hall–Kier alpha value is -1.61. The summed E-state index contributed by atoms with van der Waals surface area (Å²) >= 11 is 0. The van der Waals surface area contributed by atoms with Gasteiger partial charge in [-0.05, 0) is 30.2 Å². The summed E-state index contributed by atoms with van der Waals surface area (Å²) in [5.41, 5.74) is 0.802. The quantitative estimate of drug-likeness (QED) is 0.808. The molecule has 0 spiro atoms. The van der Waals surface area contributed by atoms with Crippen LogP contribution in [0.15, 0.2) is 42.5 Å². The number of hydrogen-bond acceptors (Lipinski definition) is 2. The Morgan fingerprint density at radius 1 is 1.30 bits per heavy atom. The lowest BCUT2D eigenvalue weighted by molar-refractivity contribution is -0.140. The van der Waals surface area contributed by atoms with E-state index in [4.69, 9.17) is 4.74 Å². The molecule has 3 unspecified atom stereocenters. The molecule has 0 amide bonds. The molecule has 1 aliphatic carbocycles. The Bertz CT molecular complexity index is 453. The van der Waals surface area contributed by atoms with Crippen LogP contribution in [-0.4, -0.2) is 24.3 Å². The number of carboxylic acids is 1. The monoisotopic (exact) mass is 274 g/mol. The van der Waals surface area contributed by atoms with Crippen LogP contribution in [0.2, 0.25) is 0 Å². The molecule has 0 aliphatic heterocycles. The SMILES string of the molecule is CC1CC=CCC1COCC(C(=O)O)c1ccccc1. The first-order valence-corrected chi connectivity index (χ1v) is 7.19. The molecule has 0 aromatic heterocycles. The van der Waals surface area contributed by atoms with Crippen LogP contribution in [0.25, 0.3) is 0 Å². The minimum absolute atomic E-state index is 0.242. The first-order chi connectivity index (χ1) is 9.68. The van der Waals surface area contributed by atoms with Crippen molar-refractivity contribution in [3.8, 4) is 0 Å². The maximum absolute atomic E-state index is 11.4. The van der Waals surface area contributed by atoms with E-state index in [9.17, 15) is 9.90 Å². The van der Waals surface area contributed by atoms with Crippen LogP contribution < -0.4 is 0 Å². The minimum Gasteiger partial charge on any atom is -0.481 e. The van der Waals surface area contributed by atoms with E-state index in [0.29, 0.717) is 18.4 Å². The van der Waals surface area contributed by atoms with Crippen LogP contribution >= 0.6 is 0 Å². The van der Waals surface area contributed by atoms with Crippen LogP contribution in [0.1, 0.15) is 31.2 Å². The zero-order valence-electron chi connectivity index (χ0n) is 11.9. The molecule has 0 bridgehead atoms. The Morgan fingerprint density at radius 3 is 2.65 bits per heavy atom. The molecule has 0 heterocycles. The second kappa shape index (κ2) is 7.25. The predicted octanol–water partition coefficient (Wildman–Crippen LogP) is 3.47. The number of benzene rings is 1. The first-order valence-electron chi connectivity index (χ1n) is 7.19. The van der Waals surface area contributed by atoms with E-state index in [1.807, 2.05) is 30.3 Å². The van der Waals surface area contributed by atoms with Crippen molar-refractivity contribution in [1.82, 2.24) is 0 Å². The van der Waals surface area contributed by atoms with Crippen molar-refractivity contribution in [2.45, 2.75) is 25.7 Å². The molecule has 1 aromatic rings. The van der Waals surface area contributed by atoms with Crippen LogP contribution in [-0.2, 0) is 9.53 Å². The topological polar surface area (TPSA) is 46.5 Å². The van der Waals surface area contributed by atoms with Gasteiger partial charge in [0.15, 0.2) is 0 Å². The average molecular weight is 274 g/mol. The fourth-order valence-electron chi connectivity index (χ4n) is 2.57. The van der Waals surface area contributed by atoms with Crippen LogP contribution in [0.3, 0.4) is 0 Å². The van der Waals surface area contributed by atoms with Crippen LogP contribution in [0, 0.1) is 11.8 Å². The summed E-state index contributed by atoms with van der Waals surface area (Å²) in [4.78, 5) is 11.4. The number of aliphatic carboxylic acids is 1. The van der Waals surface area contributed by atoms with E-state index in [1.54, 1.807) is 0 Å². The van der Waals surface area contributed by atoms with E-state index >= 15 is 0 Å². The van der Waals surface area contributed by atoms with Crippen molar-refractivity contribution < 1.29 is 14.6 Å². The van der Waals surface area contributed by atoms with Crippen molar-refractivity contribution in [3.63, 3.8) is 0 Å². The van der Waals surface area contributed by atoms with Gasteiger partial charge < -0.3 is 9.84 Å². The van der Waals surface area contributed by atoms with Gasteiger partial charge in [-0.25, -0.2) is 0 Å². The smallest absolute Gasteiger partial charge is 0.313 e. The van der Waals surface area contributed by atoms with Gasteiger partial charge in [-0.3, -0.25) is 4.79 Å². The fourth-order valence-corrected chi connectivity index (χ4v) is 2.57. The highest BCUT2D eigenvalue weighted by molar-refractivity contribution is 5.76. The summed E-state index contributed by atoms with van der Waals surface area (Å²) in [6, 6.07) is 9.29. The molecule has 20 heavy (non-hydrogen) atoms. The highest BCUT2D eigenvalue weighted by Crippen LogP contribution is 2.25. The fraction of sp³-hybridized carbons (Fsp3) is 0.471. The van der Waals surface area contributed by atoms with Crippen molar-refractivity contribution in [2.24, 2.45) is 11.8 Å². The number of allylic oxidation sites excluding steroid dienone is 2. The molecule has 1 aliphatic rings. The van der Waals surface area contributed by atoms with E-state index in [0.717, 1.165) is 18.4 Å². The predicted molar refractivity (Wildman–Crippen MR) is 78.7 cm³/mol. The van der Waals surface area contributed by atoms with Crippen molar-refractivity contribution in [1.29, 1.82) is 0 Å². The number of carbonyl (C=O) groups is 1. The summed E-state index contributed by atoms with van der Waals surface area (Å²) in [5.74, 6) is -0.288. The molecule has 0 saturated heterocycles. The number of hydrogen-bond donors (Lipinski definition) is 1. The second-order valence-corrected chi connectivity index (χ2v) is 5.52. The van der Waals surface area contributed by atoms with Gasteiger partial charge >= 0.3 is 5.97 Å². The number of rotatable bonds is 6. The average Bonchev–Trinajstić information content (AvgIpc) is 2.46. The summed E-state index contributed by atoms with van der Waals surface area (Å²) < 4.78 is 5.71. The molecule has 108 valence electrons. The van der Waals surface area contributed by atoms with E-state index in [1.165, 1.54) is 0 Å². The van der Waals surface area contributed by atoms with Crippen LogP contribution in [0.5, 0.6) is 0 Å². The van der Waals surface area contributed by atoms with Crippen molar-refractivity contribution in [2.75, 3.05) is 13.2 Å². The van der Waals surface area contributed by atoms with Gasteiger partial charge in [-0.2, -0.15) is 0 Å². The highest BCUT2D eigenvalue weighted by atomic mass is 16.5. The summed E-state index contributed by atoms with van der Waals surface area (Å²) in [6.45, 7) is 3.11. The Morgan fingerprint density at radius 2 is 2.00 bits per heavy atom. The molecule has 3 atom stereocenters. The summed E-state index contributed by atoms with van der Waals surface area (Å²) in [7, 11) is 0. The van der Waals surface area contributed by atoms with Crippen molar-refractivity contribution >= 4 is 5.97 Å². The van der Waals surface area contributed by atoms with Gasteiger partial charge in [0.1, 0.15) is 5.92 Å². The molecule has 0 fully saturated rings. The summed E-state index contributed by atoms with van der Waals surface area (Å²) in [6.07, 6.45) is 6.53. The third kappa shape index (κ3) is 3.94. The molecule has 3 nitrogen and oxygen atoms in total. The Balaban J connectivity index is 1.87. The molecular weight excluding hydrogens is 252 g/mol. The maximum Gasteiger partial charge on any atom is 0.313 e. The van der Waals surface area contributed by atoms with Gasteiger partial charge in [0.05, 0.1) is 6.61 Å². The lowest BCUT2D eigenvalue weighted by Crippen LogP contribution is -2.23. The van der Waals surface area contributed by atoms with Gasteiger partial charge in [-0.1, -0.05) is 49.4 Å². The summed E-state index contributed by atoms with van der Waals surface area (Å²) in [5, 5.41) is 9.32. The molecule has 0 saturated carbocycles. The zero-order chi connectivity index (χ0) is 14.4. The Labute approximate surface area is 120 Å². The second-order valence-electron chi connectivity index (χ2n) is 5.52. The molecular formula is C17H22O3. The minimum atomic E-state index is -0.826. The highest BCUT2D eigenvalue weighted by Gasteiger charge is 2.22. The van der Waals surface area contributed by atoms with E-state index in [2.05, 4.69) is 19.1 Å². The maximum atomic E-state index is 11.4. The molecule has 2 rings (SSSR count). The standard InChI is InChI=1S/C17H22O3/c1-13-7-5-6-10-15(13)11-20-12-16(17(18)19)14-8-3-2-4-9-14/h2-6,8-9,13,15-16H,7,10-12H2,1H3,(H,18,19). The largest absolute Gasteiger partial charge is 0.481 e. The van der Waals surface area contributed by atoms with Gasteiger partial charge in [0.2, 0.25) is 0 Å². The van der Waals surface area contributed by atoms with E-state index < -0.39 is 11.9 Å². The Kier molecular flexibility index (Phi) is 5.36. The van der Waals surface area contributed by atoms with Crippen molar-refractivity contribution in [3.05, 3.63) is 48.0 Å². The lowest BCUT2D eigenvalue weighted by Gasteiger charge is -2.25. The molecule has 3 heteroatoms. The first kappa shape index (κ1) is 14.8. The van der Waals surface area contributed by atoms with E-state index in [-0.39, 0.29) is 6.61 Å². The van der Waals surface area contributed by atoms with Gasteiger partial charge in [-0.15, -0.1) is 0 Å². The molecule has 1 aromatic carbocycles. The number of ether oxygens (including phenoxy) is 1. The molecule has 1 N–H and O–H groups in total. The zero-order valence-corrected chi connectivity index (χ0v) is 11.9. The lowest BCUT2D eigenvalue weighted by atomic mass is 9.85. The van der Waals surface area contributed by atoms with Gasteiger partial charge in [0, 0.05) is 6.61 Å². The third-order valence-electron chi connectivity index (χ3n) is 4.03. The number of carboxylic acid groups (broad SMARTS) is 1. The van der Waals surface area contributed by atoms with Crippen LogP contribution in [0.4, 0.5) is 0 Å².